The van der Waals surface area contributed by atoms with Crippen molar-refractivity contribution >= 4 is 21.4 Å². The molecule has 0 aliphatic carbocycles. The number of anilines is 1. The van der Waals surface area contributed by atoms with Crippen molar-refractivity contribution in [2.24, 2.45) is 0 Å². The number of non-ortho nitro benzene ring substituents is 1. The van der Waals surface area contributed by atoms with Gasteiger partial charge in [0.05, 0.1) is 22.1 Å². The number of benzene rings is 2. The van der Waals surface area contributed by atoms with Gasteiger partial charge in [0.1, 0.15) is 0 Å². The van der Waals surface area contributed by atoms with Crippen LogP contribution in [0.3, 0.4) is 0 Å². The van der Waals surface area contributed by atoms with E-state index in [9.17, 15) is 23.6 Å². The molecule has 2 N–H and O–H groups in total. The fraction of sp³-hybridized carbons (Fsp3) is 0.143. The Bertz CT molecular complexity index is 800. The number of sulfonamides is 1. The maximum Gasteiger partial charge on any atom is 0.269 e. The Kier molecular flexibility index (Phi) is 4.43. The van der Waals surface area contributed by atoms with Crippen molar-refractivity contribution in [1.29, 1.82) is 0 Å². The third kappa shape index (κ3) is 3.41. The Morgan fingerprint density at radius 1 is 1.18 bits per heavy atom. The number of aliphatic hydroxyl groups is 1. The number of nitrogens with one attached hydrogen (secondary N) is 1. The molecule has 2 aromatic carbocycles. The molecule has 0 aromatic heterocycles. The van der Waals surface area contributed by atoms with Gasteiger partial charge >= 0.3 is 0 Å². The number of nitrogens with zero attached hydrogens (tertiary/aromatic N) is 1. The van der Waals surface area contributed by atoms with E-state index in [2.05, 4.69) is 4.72 Å². The molecule has 8 heteroatoms. The number of aryl methyl sites for hydroxylation is 1. The molecule has 22 heavy (non-hydrogen) atoms. The summed E-state index contributed by atoms with van der Waals surface area (Å²) < 4.78 is 26.9. The smallest absolute Gasteiger partial charge is 0.269 e. The molecule has 0 amide bonds. The maximum absolute atomic E-state index is 12.3. The van der Waals surface area contributed by atoms with Crippen molar-refractivity contribution < 1.29 is 18.4 Å². The lowest BCUT2D eigenvalue weighted by atomic mass is 10.2. The van der Waals surface area contributed by atoms with Crippen LogP contribution in [0.4, 0.5) is 11.4 Å². The zero-order chi connectivity index (χ0) is 16.3. The van der Waals surface area contributed by atoms with E-state index in [1.165, 1.54) is 24.3 Å². The van der Waals surface area contributed by atoms with Gasteiger partial charge in [0.15, 0.2) is 0 Å². The minimum atomic E-state index is -3.83. The van der Waals surface area contributed by atoms with Gasteiger partial charge in [-0.3, -0.25) is 14.8 Å². The predicted octanol–water partition coefficient (Wildman–Crippen LogP) is 2.20. The first kappa shape index (κ1) is 15.9. The molecule has 0 aliphatic rings. The first-order valence-electron chi connectivity index (χ1n) is 6.31. The van der Waals surface area contributed by atoms with E-state index in [-0.39, 0.29) is 21.8 Å². The summed E-state index contributed by atoms with van der Waals surface area (Å²) >= 11 is 0. The van der Waals surface area contributed by atoms with Gasteiger partial charge in [-0.1, -0.05) is 17.7 Å². The summed E-state index contributed by atoms with van der Waals surface area (Å²) in [5.41, 5.74) is 0.936. The van der Waals surface area contributed by atoms with Crippen LogP contribution in [-0.4, -0.2) is 18.4 Å². The Morgan fingerprint density at radius 2 is 1.82 bits per heavy atom. The largest absolute Gasteiger partial charge is 0.392 e. The number of hydrogen-bond acceptors (Lipinski definition) is 5. The van der Waals surface area contributed by atoms with Gasteiger partial charge in [0.2, 0.25) is 0 Å². The molecule has 0 fully saturated rings. The number of rotatable bonds is 5. The van der Waals surface area contributed by atoms with Crippen LogP contribution in [0, 0.1) is 17.0 Å². The molecule has 0 bridgehead atoms. The van der Waals surface area contributed by atoms with E-state index in [1.807, 2.05) is 6.92 Å². The van der Waals surface area contributed by atoms with Crippen LogP contribution in [-0.2, 0) is 16.6 Å². The number of hydrogen-bond donors (Lipinski definition) is 2. The number of nitro groups is 1. The molecule has 2 rings (SSSR count). The van der Waals surface area contributed by atoms with Crippen LogP contribution in [0.15, 0.2) is 47.4 Å². The normalized spacial score (nSPS) is 11.2. The molecular weight excluding hydrogens is 308 g/mol. The van der Waals surface area contributed by atoms with Crippen LogP contribution in [0.2, 0.25) is 0 Å². The van der Waals surface area contributed by atoms with Crippen LogP contribution in [0.1, 0.15) is 11.1 Å². The third-order valence-corrected chi connectivity index (χ3v) is 4.43. The topological polar surface area (TPSA) is 110 Å². The molecule has 0 spiro atoms. The van der Waals surface area contributed by atoms with Crippen LogP contribution < -0.4 is 4.72 Å². The van der Waals surface area contributed by atoms with E-state index in [4.69, 9.17) is 0 Å². The summed E-state index contributed by atoms with van der Waals surface area (Å²) in [4.78, 5) is 10.2. The summed E-state index contributed by atoms with van der Waals surface area (Å²) in [5.74, 6) is 0. The second-order valence-electron chi connectivity index (χ2n) is 4.68. The average Bonchev–Trinajstić information content (AvgIpc) is 2.47. The lowest BCUT2D eigenvalue weighted by Crippen LogP contribution is -2.14. The minimum absolute atomic E-state index is 0.0698. The highest BCUT2D eigenvalue weighted by Crippen LogP contribution is 2.25. The first-order chi connectivity index (χ1) is 10.3. The summed E-state index contributed by atoms with van der Waals surface area (Å²) in [5, 5.41) is 20.0. The molecule has 0 saturated carbocycles. The van der Waals surface area contributed by atoms with Gasteiger partial charge in [-0.25, -0.2) is 8.42 Å². The van der Waals surface area contributed by atoms with E-state index in [0.29, 0.717) is 0 Å². The maximum atomic E-state index is 12.3. The number of nitro benzene ring substituents is 1. The van der Waals surface area contributed by atoms with E-state index < -0.39 is 21.6 Å². The summed E-state index contributed by atoms with van der Waals surface area (Å²) in [7, 11) is -3.83. The summed E-state index contributed by atoms with van der Waals surface area (Å²) in [6.45, 7) is 1.32. The first-order valence-corrected chi connectivity index (χ1v) is 7.79. The van der Waals surface area contributed by atoms with Crippen molar-refractivity contribution in [3.63, 3.8) is 0 Å². The van der Waals surface area contributed by atoms with Crippen molar-refractivity contribution in [2.45, 2.75) is 18.4 Å². The van der Waals surface area contributed by atoms with Gasteiger partial charge in [-0.15, -0.1) is 0 Å². The summed E-state index contributed by atoms with van der Waals surface area (Å²) in [6.07, 6.45) is 0. The zero-order valence-corrected chi connectivity index (χ0v) is 12.5. The lowest BCUT2D eigenvalue weighted by molar-refractivity contribution is -0.384. The molecule has 0 atom stereocenters. The molecule has 0 unspecified atom stereocenters. The van der Waals surface area contributed by atoms with Crippen LogP contribution in [0.25, 0.3) is 0 Å². The molecular formula is C14H14N2O5S. The average molecular weight is 322 g/mol. The Balaban J connectivity index is 2.37. The SMILES string of the molecule is Cc1ccc(S(=O)(=O)Nc2ccc([N+](=O)[O-])cc2CO)cc1. The van der Waals surface area contributed by atoms with Crippen LogP contribution >= 0.6 is 0 Å². The van der Waals surface area contributed by atoms with Gasteiger partial charge in [-0.05, 0) is 25.1 Å². The molecule has 116 valence electrons. The lowest BCUT2D eigenvalue weighted by Gasteiger charge is -2.11. The molecule has 0 radical (unpaired) electrons. The van der Waals surface area contributed by atoms with Crippen molar-refractivity contribution in [1.82, 2.24) is 0 Å². The highest BCUT2D eigenvalue weighted by Gasteiger charge is 2.17. The Hall–Kier alpha value is -2.45. The molecule has 2 aromatic rings. The monoisotopic (exact) mass is 322 g/mol. The third-order valence-electron chi connectivity index (χ3n) is 3.05. The second-order valence-corrected chi connectivity index (χ2v) is 6.36. The van der Waals surface area contributed by atoms with Crippen molar-refractivity contribution in [2.75, 3.05) is 4.72 Å². The highest BCUT2D eigenvalue weighted by atomic mass is 32.2. The molecule has 0 saturated heterocycles. The zero-order valence-electron chi connectivity index (χ0n) is 11.7. The second kappa shape index (κ2) is 6.12. The fourth-order valence-corrected chi connectivity index (χ4v) is 2.95. The van der Waals surface area contributed by atoms with Crippen molar-refractivity contribution in [3.8, 4) is 0 Å². The van der Waals surface area contributed by atoms with Crippen molar-refractivity contribution in [3.05, 3.63) is 63.7 Å². The van der Waals surface area contributed by atoms with E-state index in [1.54, 1.807) is 12.1 Å². The van der Waals surface area contributed by atoms with Gasteiger partial charge in [0.25, 0.3) is 15.7 Å². The van der Waals surface area contributed by atoms with Gasteiger partial charge in [-0.2, -0.15) is 0 Å². The molecule has 7 nitrogen and oxygen atoms in total. The van der Waals surface area contributed by atoms with Gasteiger partial charge < -0.3 is 5.11 Å². The quantitative estimate of drug-likeness (QED) is 0.648. The predicted molar refractivity (Wildman–Crippen MR) is 81.0 cm³/mol. The van der Waals surface area contributed by atoms with E-state index in [0.717, 1.165) is 11.6 Å². The fourth-order valence-electron chi connectivity index (χ4n) is 1.85. The van der Waals surface area contributed by atoms with E-state index >= 15 is 0 Å². The number of aliphatic hydroxyl groups excluding tert-OH is 1. The summed E-state index contributed by atoms with van der Waals surface area (Å²) in [6, 6.07) is 9.81. The standard InChI is InChI=1S/C14H14N2O5S/c1-10-2-5-13(6-3-10)22(20,21)15-14-7-4-12(16(18)19)8-11(14)9-17/h2-8,15,17H,9H2,1H3. The van der Waals surface area contributed by atoms with Crippen LogP contribution in [0.5, 0.6) is 0 Å². The molecule has 0 heterocycles. The molecule has 0 aliphatic heterocycles. The Labute approximate surface area is 127 Å². The Morgan fingerprint density at radius 3 is 2.36 bits per heavy atom. The minimum Gasteiger partial charge on any atom is -0.392 e. The highest BCUT2D eigenvalue weighted by molar-refractivity contribution is 7.92. The van der Waals surface area contributed by atoms with Gasteiger partial charge in [0, 0.05) is 17.7 Å².